The Balaban J connectivity index is 2.15. The van der Waals surface area contributed by atoms with E-state index in [4.69, 9.17) is 5.26 Å². The Morgan fingerprint density at radius 2 is 2.47 bits per heavy atom. The van der Waals surface area contributed by atoms with Gasteiger partial charge in [-0.2, -0.15) is 5.26 Å². The van der Waals surface area contributed by atoms with Gasteiger partial charge < -0.3 is 10.2 Å². The molecule has 1 aliphatic rings. The van der Waals surface area contributed by atoms with Crippen LogP contribution in [0.3, 0.4) is 0 Å². The highest BCUT2D eigenvalue weighted by atomic mass is 16.6. The number of rotatable bonds is 3. The largest absolute Gasteiger partial charge is 0.363 e. The summed E-state index contributed by atoms with van der Waals surface area (Å²) in [6, 6.07) is 5.33. The monoisotopic (exact) mass is 257 g/mol. The molecule has 0 spiro atoms. The maximum atomic E-state index is 10.5. The summed E-state index contributed by atoms with van der Waals surface area (Å²) in [4.78, 5) is 15.7. The van der Waals surface area contributed by atoms with Crippen molar-refractivity contribution in [3.63, 3.8) is 0 Å². The molecule has 0 atom stereocenters. The van der Waals surface area contributed by atoms with Crippen LogP contribution in [0, 0.1) is 21.4 Å². The van der Waals surface area contributed by atoms with Gasteiger partial charge in [0.15, 0.2) is 5.82 Å². The smallest absolute Gasteiger partial charge is 0.274 e. The molecule has 19 heavy (non-hydrogen) atoms. The van der Waals surface area contributed by atoms with Gasteiger partial charge in [-0.3, -0.25) is 10.1 Å². The quantitative estimate of drug-likeness (QED) is 0.639. The van der Waals surface area contributed by atoms with E-state index in [1.807, 2.05) is 12.1 Å². The molecule has 1 aromatic rings. The third-order valence-corrected chi connectivity index (χ3v) is 2.52. The lowest BCUT2D eigenvalue weighted by Crippen LogP contribution is -2.32. The summed E-state index contributed by atoms with van der Waals surface area (Å²) in [5, 5.41) is 22.1. The average Bonchev–Trinajstić information content (AvgIpc) is 2.41. The minimum absolute atomic E-state index is 0.345. The van der Waals surface area contributed by atoms with Crippen LogP contribution in [-0.4, -0.2) is 21.4 Å². The fourth-order valence-corrected chi connectivity index (χ4v) is 1.66. The van der Waals surface area contributed by atoms with E-state index in [0.29, 0.717) is 24.6 Å². The van der Waals surface area contributed by atoms with Gasteiger partial charge in [-0.1, -0.05) is 6.07 Å². The van der Waals surface area contributed by atoms with Crippen LogP contribution >= 0.6 is 0 Å². The maximum Gasteiger partial charge on any atom is 0.274 e. The Hall–Kier alpha value is -2.88. The number of nitrogens with zero attached hydrogens (tertiary/aromatic N) is 4. The molecule has 0 aliphatic carbocycles. The summed E-state index contributed by atoms with van der Waals surface area (Å²) < 4.78 is 0. The highest BCUT2D eigenvalue weighted by molar-refractivity contribution is 5.24. The minimum Gasteiger partial charge on any atom is -0.363 e. The Morgan fingerprint density at radius 3 is 3.11 bits per heavy atom. The summed E-state index contributed by atoms with van der Waals surface area (Å²) in [6.45, 7) is 1.00. The molecule has 1 N–H and O–H groups in total. The first-order valence-electron chi connectivity index (χ1n) is 5.56. The summed E-state index contributed by atoms with van der Waals surface area (Å²) in [7, 11) is 0. The predicted octanol–water partition coefficient (Wildman–Crippen LogP) is 0.948. The van der Waals surface area contributed by atoms with E-state index < -0.39 is 4.92 Å². The Labute approximate surface area is 109 Å². The second kappa shape index (κ2) is 5.64. The molecule has 0 saturated carbocycles. The standard InChI is InChI=1S/C12H11N5O2/c13-6-11-3-2-10(7-15-11)8-16-5-1-4-14-12(16)9-17(18)19/h1-3,5,7,9,14H,4,8H2. The fourth-order valence-electron chi connectivity index (χ4n) is 1.66. The van der Waals surface area contributed by atoms with Crippen molar-refractivity contribution < 1.29 is 4.92 Å². The van der Waals surface area contributed by atoms with Crippen molar-refractivity contribution in [1.82, 2.24) is 15.2 Å². The molecule has 2 heterocycles. The molecule has 0 fully saturated rings. The number of pyridine rings is 1. The molecule has 0 radical (unpaired) electrons. The third-order valence-electron chi connectivity index (χ3n) is 2.52. The number of hydrogen-bond acceptors (Lipinski definition) is 6. The Bertz CT molecular complexity index is 571. The third kappa shape index (κ3) is 3.29. The average molecular weight is 257 g/mol. The van der Waals surface area contributed by atoms with Crippen molar-refractivity contribution in [2.75, 3.05) is 6.54 Å². The van der Waals surface area contributed by atoms with Crippen LogP contribution in [0.4, 0.5) is 0 Å². The lowest BCUT2D eigenvalue weighted by Gasteiger charge is -2.25. The van der Waals surface area contributed by atoms with Crippen LogP contribution in [0.2, 0.25) is 0 Å². The molecule has 1 aromatic heterocycles. The molecule has 0 bridgehead atoms. The molecular formula is C12H11N5O2. The van der Waals surface area contributed by atoms with Gasteiger partial charge in [0.25, 0.3) is 6.20 Å². The molecule has 0 saturated heterocycles. The van der Waals surface area contributed by atoms with Crippen molar-refractivity contribution in [2.45, 2.75) is 6.54 Å². The second-order valence-electron chi connectivity index (χ2n) is 3.86. The zero-order valence-corrected chi connectivity index (χ0v) is 9.98. The number of nitrogens with one attached hydrogen (secondary N) is 1. The van der Waals surface area contributed by atoms with E-state index in [2.05, 4.69) is 10.3 Å². The number of nitro groups is 1. The second-order valence-corrected chi connectivity index (χ2v) is 3.86. The Kier molecular flexibility index (Phi) is 3.73. The van der Waals surface area contributed by atoms with Gasteiger partial charge in [0.2, 0.25) is 0 Å². The lowest BCUT2D eigenvalue weighted by atomic mass is 10.2. The van der Waals surface area contributed by atoms with Crippen molar-refractivity contribution in [1.29, 1.82) is 5.26 Å². The van der Waals surface area contributed by atoms with Crippen LogP contribution < -0.4 is 5.32 Å². The van der Waals surface area contributed by atoms with Crippen LogP contribution in [-0.2, 0) is 6.54 Å². The zero-order valence-electron chi connectivity index (χ0n) is 9.98. The van der Waals surface area contributed by atoms with Gasteiger partial charge in [-0.25, -0.2) is 4.98 Å². The summed E-state index contributed by atoms with van der Waals surface area (Å²) in [5.41, 5.74) is 1.21. The van der Waals surface area contributed by atoms with Crippen molar-refractivity contribution in [3.05, 3.63) is 64.0 Å². The van der Waals surface area contributed by atoms with Gasteiger partial charge in [-0.05, 0) is 17.7 Å². The number of nitriles is 1. The first kappa shape index (κ1) is 12.6. The highest BCUT2D eigenvalue weighted by Gasteiger charge is 2.14. The van der Waals surface area contributed by atoms with Crippen molar-refractivity contribution in [2.24, 2.45) is 0 Å². The summed E-state index contributed by atoms with van der Waals surface area (Å²) in [5.74, 6) is 0.428. The normalized spacial score (nSPS) is 15.9. The van der Waals surface area contributed by atoms with Crippen LogP contribution in [0.5, 0.6) is 0 Å². The molecule has 2 rings (SSSR count). The van der Waals surface area contributed by atoms with Crippen LogP contribution in [0.15, 0.2) is 42.6 Å². The van der Waals surface area contributed by atoms with Crippen molar-refractivity contribution in [3.8, 4) is 6.07 Å². The van der Waals surface area contributed by atoms with E-state index in [1.165, 1.54) is 0 Å². The van der Waals surface area contributed by atoms with Gasteiger partial charge >= 0.3 is 0 Å². The van der Waals surface area contributed by atoms with E-state index in [-0.39, 0.29) is 0 Å². The van der Waals surface area contributed by atoms with E-state index in [1.54, 1.807) is 29.4 Å². The first-order chi connectivity index (χ1) is 9.19. The van der Waals surface area contributed by atoms with Gasteiger partial charge in [-0.15, -0.1) is 0 Å². The van der Waals surface area contributed by atoms with E-state index in [0.717, 1.165) is 11.8 Å². The zero-order chi connectivity index (χ0) is 13.7. The van der Waals surface area contributed by atoms with E-state index >= 15 is 0 Å². The van der Waals surface area contributed by atoms with Gasteiger partial charge in [0.05, 0.1) is 11.5 Å². The molecule has 0 amide bonds. The molecule has 7 nitrogen and oxygen atoms in total. The molecule has 7 heteroatoms. The Morgan fingerprint density at radius 1 is 1.63 bits per heavy atom. The van der Waals surface area contributed by atoms with E-state index in [9.17, 15) is 10.1 Å². The fraction of sp³-hybridized carbons (Fsp3) is 0.167. The van der Waals surface area contributed by atoms with Crippen LogP contribution in [0.25, 0.3) is 0 Å². The summed E-state index contributed by atoms with van der Waals surface area (Å²) in [6.07, 6.45) is 6.17. The van der Waals surface area contributed by atoms with Crippen LogP contribution in [0.1, 0.15) is 11.3 Å². The maximum absolute atomic E-state index is 10.5. The minimum atomic E-state index is -0.495. The predicted molar refractivity (Wildman–Crippen MR) is 66.7 cm³/mol. The highest BCUT2D eigenvalue weighted by Crippen LogP contribution is 2.12. The van der Waals surface area contributed by atoms with Gasteiger partial charge in [0, 0.05) is 18.9 Å². The molecule has 0 unspecified atom stereocenters. The number of aromatic nitrogens is 1. The number of hydrogen-bond donors (Lipinski definition) is 1. The lowest BCUT2D eigenvalue weighted by molar-refractivity contribution is -0.404. The SMILES string of the molecule is N#Cc1ccc(CN2C=CCNC2=C[N+](=O)[O-])cn1. The molecule has 1 aliphatic heterocycles. The first-order valence-corrected chi connectivity index (χ1v) is 5.56. The molecule has 0 aromatic carbocycles. The molecule has 96 valence electrons. The summed E-state index contributed by atoms with van der Waals surface area (Å²) >= 11 is 0. The topological polar surface area (TPSA) is 95.1 Å². The molecular weight excluding hydrogens is 246 g/mol. The van der Waals surface area contributed by atoms with Crippen molar-refractivity contribution >= 4 is 0 Å². The van der Waals surface area contributed by atoms with Gasteiger partial charge in [0.1, 0.15) is 11.8 Å².